The predicted molar refractivity (Wildman–Crippen MR) is 112 cm³/mol. The summed E-state index contributed by atoms with van der Waals surface area (Å²) < 4.78 is 0. The molecule has 2 aromatic carbocycles. The fourth-order valence-corrected chi connectivity index (χ4v) is 3.80. The number of nitro groups is 2. The molecule has 0 aliphatic heterocycles. The third kappa shape index (κ3) is 3.02. The van der Waals surface area contributed by atoms with Gasteiger partial charge in [0.25, 0.3) is 11.4 Å². The van der Waals surface area contributed by atoms with Crippen LogP contribution in [0.15, 0.2) is 65.9 Å². The number of nitriles is 3. The highest BCUT2D eigenvalue weighted by molar-refractivity contribution is 5.88. The van der Waals surface area contributed by atoms with E-state index >= 15 is 0 Å². The van der Waals surface area contributed by atoms with Gasteiger partial charge in [0, 0.05) is 29.7 Å². The van der Waals surface area contributed by atoms with E-state index in [2.05, 4.69) is 0 Å². The first-order valence-corrected chi connectivity index (χ1v) is 9.11. The quantitative estimate of drug-likeness (QED) is 0.567. The Labute approximate surface area is 182 Å². The van der Waals surface area contributed by atoms with Gasteiger partial charge in [0.1, 0.15) is 6.07 Å². The number of benzene rings is 2. The molecular weight excluding hydrogens is 412 g/mol. The van der Waals surface area contributed by atoms with Gasteiger partial charge in [-0.1, -0.05) is 18.2 Å². The zero-order chi connectivity index (χ0) is 23.7. The number of non-ortho nitro benzene ring substituents is 2. The molecule has 1 atom stereocenters. The van der Waals surface area contributed by atoms with Crippen molar-refractivity contribution in [1.29, 1.82) is 15.8 Å². The standard InChI is InChI=1S/C22H14N6O4/c1-21(15-4-8-17(9-5-15)28(31)32)10-18(14-2-6-16(7-3-14)27(29)30)19(11-23)20(26)22(21,12-24)13-25/h2-10H,26H2,1H3. The van der Waals surface area contributed by atoms with Crippen molar-refractivity contribution < 1.29 is 9.85 Å². The number of nitro benzene ring substituents is 2. The molecule has 1 aliphatic rings. The van der Waals surface area contributed by atoms with E-state index in [9.17, 15) is 36.0 Å². The normalized spacial score (nSPS) is 19.1. The molecule has 0 radical (unpaired) electrons. The van der Waals surface area contributed by atoms with Gasteiger partial charge >= 0.3 is 0 Å². The number of hydrogen-bond acceptors (Lipinski definition) is 8. The molecule has 32 heavy (non-hydrogen) atoms. The summed E-state index contributed by atoms with van der Waals surface area (Å²) in [7, 11) is 0. The van der Waals surface area contributed by atoms with E-state index in [0.29, 0.717) is 16.7 Å². The minimum absolute atomic E-state index is 0.0960. The lowest BCUT2D eigenvalue weighted by molar-refractivity contribution is -0.385. The van der Waals surface area contributed by atoms with Crippen LogP contribution < -0.4 is 5.73 Å². The van der Waals surface area contributed by atoms with E-state index in [0.717, 1.165) is 0 Å². The maximum atomic E-state index is 11.0. The van der Waals surface area contributed by atoms with Gasteiger partial charge in [-0.05, 0) is 35.8 Å². The largest absolute Gasteiger partial charge is 0.399 e. The van der Waals surface area contributed by atoms with Crippen molar-refractivity contribution in [2.45, 2.75) is 12.3 Å². The summed E-state index contributed by atoms with van der Waals surface area (Å²) in [6.07, 6.45) is 1.54. The Morgan fingerprint density at radius 2 is 1.34 bits per heavy atom. The predicted octanol–water partition coefficient (Wildman–Crippen LogP) is 3.63. The summed E-state index contributed by atoms with van der Waals surface area (Å²) in [5.74, 6) is 0. The van der Waals surface area contributed by atoms with Crippen LogP contribution in [0.2, 0.25) is 0 Å². The lowest BCUT2D eigenvalue weighted by Gasteiger charge is -2.42. The number of rotatable bonds is 4. The first-order chi connectivity index (χ1) is 15.1. The molecule has 2 N–H and O–H groups in total. The molecule has 0 saturated carbocycles. The van der Waals surface area contributed by atoms with Crippen LogP contribution in [-0.2, 0) is 5.41 Å². The third-order valence-electron chi connectivity index (χ3n) is 5.67. The molecule has 0 aromatic heterocycles. The summed E-state index contributed by atoms with van der Waals surface area (Å²) in [5.41, 5.74) is 3.30. The van der Waals surface area contributed by atoms with E-state index in [1.165, 1.54) is 54.6 Å². The maximum Gasteiger partial charge on any atom is 0.269 e. The van der Waals surface area contributed by atoms with E-state index in [1.807, 2.05) is 18.2 Å². The Balaban J connectivity index is 2.32. The summed E-state index contributed by atoms with van der Waals surface area (Å²) >= 11 is 0. The van der Waals surface area contributed by atoms with Gasteiger partial charge < -0.3 is 5.73 Å². The van der Waals surface area contributed by atoms with Crippen molar-refractivity contribution >= 4 is 16.9 Å². The minimum Gasteiger partial charge on any atom is -0.399 e. The van der Waals surface area contributed by atoms with Crippen LogP contribution in [0.4, 0.5) is 11.4 Å². The summed E-state index contributed by atoms with van der Waals surface area (Å²) in [6, 6.07) is 16.6. The number of hydrogen-bond donors (Lipinski definition) is 1. The first kappa shape index (κ1) is 21.7. The SMILES string of the molecule is CC1(c2ccc([N+](=O)[O-])cc2)C=C(c2ccc([N+](=O)[O-])cc2)C(C#N)=C(N)C1(C#N)C#N. The van der Waals surface area contributed by atoms with Crippen molar-refractivity contribution in [2.24, 2.45) is 11.1 Å². The number of nitrogens with zero attached hydrogens (tertiary/aromatic N) is 5. The summed E-state index contributed by atoms with van der Waals surface area (Å²) in [5, 5.41) is 51.8. The molecule has 0 bridgehead atoms. The monoisotopic (exact) mass is 426 g/mol. The van der Waals surface area contributed by atoms with E-state index in [-0.39, 0.29) is 22.6 Å². The highest BCUT2D eigenvalue weighted by Crippen LogP contribution is 2.53. The lowest BCUT2D eigenvalue weighted by atomic mass is 9.56. The molecule has 3 rings (SSSR count). The van der Waals surface area contributed by atoms with Crippen LogP contribution in [0.3, 0.4) is 0 Å². The van der Waals surface area contributed by atoms with Crippen LogP contribution in [-0.4, -0.2) is 9.85 Å². The molecule has 1 aliphatic carbocycles. The maximum absolute atomic E-state index is 11.0. The van der Waals surface area contributed by atoms with Crippen molar-refractivity contribution in [3.05, 3.63) is 97.2 Å². The average Bonchev–Trinajstić information content (AvgIpc) is 2.79. The fraction of sp³-hybridized carbons (Fsp3) is 0.136. The molecule has 0 spiro atoms. The molecule has 2 aromatic rings. The number of nitrogens with two attached hydrogens (primary N) is 1. The molecule has 10 nitrogen and oxygen atoms in total. The summed E-state index contributed by atoms with van der Waals surface area (Å²) in [4.78, 5) is 20.9. The van der Waals surface area contributed by atoms with Gasteiger partial charge in [-0.25, -0.2) is 0 Å². The second kappa shape index (κ2) is 7.67. The van der Waals surface area contributed by atoms with Crippen molar-refractivity contribution in [3.63, 3.8) is 0 Å². The smallest absolute Gasteiger partial charge is 0.269 e. The van der Waals surface area contributed by atoms with E-state index < -0.39 is 20.7 Å². The molecule has 0 saturated heterocycles. The third-order valence-corrected chi connectivity index (χ3v) is 5.67. The van der Waals surface area contributed by atoms with Crippen LogP contribution in [0.1, 0.15) is 18.1 Å². The highest BCUT2D eigenvalue weighted by Gasteiger charge is 2.55. The van der Waals surface area contributed by atoms with E-state index in [1.54, 1.807) is 6.92 Å². The Morgan fingerprint density at radius 1 is 0.875 bits per heavy atom. The molecule has 0 heterocycles. The molecule has 10 heteroatoms. The minimum atomic E-state index is -1.97. The van der Waals surface area contributed by atoms with Gasteiger partial charge in [-0.3, -0.25) is 20.2 Å². The van der Waals surface area contributed by atoms with Crippen molar-refractivity contribution in [3.8, 4) is 18.2 Å². The van der Waals surface area contributed by atoms with Gasteiger partial charge in [-0.15, -0.1) is 0 Å². The second-order valence-corrected chi connectivity index (χ2v) is 7.24. The van der Waals surface area contributed by atoms with Crippen LogP contribution in [0.5, 0.6) is 0 Å². The summed E-state index contributed by atoms with van der Waals surface area (Å²) in [6.45, 7) is 1.58. The Bertz CT molecular complexity index is 1310. The first-order valence-electron chi connectivity index (χ1n) is 9.11. The average molecular weight is 426 g/mol. The van der Waals surface area contributed by atoms with Gasteiger partial charge in [0.15, 0.2) is 5.41 Å². The topological polar surface area (TPSA) is 184 Å². The lowest BCUT2D eigenvalue weighted by Crippen LogP contribution is -2.47. The van der Waals surface area contributed by atoms with Crippen molar-refractivity contribution in [2.75, 3.05) is 0 Å². The van der Waals surface area contributed by atoms with Gasteiger partial charge in [-0.2, -0.15) is 15.8 Å². The Hall–Kier alpha value is -5.01. The van der Waals surface area contributed by atoms with Crippen LogP contribution in [0.25, 0.3) is 5.57 Å². The molecule has 0 amide bonds. The Kier molecular flexibility index (Phi) is 5.20. The van der Waals surface area contributed by atoms with Gasteiger partial charge in [0.2, 0.25) is 0 Å². The molecule has 156 valence electrons. The van der Waals surface area contributed by atoms with E-state index in [4.69, 9.17) is 5.73 Å². The number of allylic oxidation sites excluding steroid dienone is 4. The molecule has 1 unspecified atom stereocenters. The van der Waals surface area contributed by atoms with Crippen LogP contribution in [0, 0.1) is 59.6 Å². The molecule has 0 fully saturated rings. The van der Waals surface area contributed by atoms with Gasteiger partial charge in [0.05, 0.1) is 33.3 Å². The van der Waals surface area contributed by atoms with Crippen molar-refractivity contribution in [1.82, 2.24) is 0 Å². The highest BCUT2D eigenvalue weighted by atomic mass is 16.6. The fourth-order valence-electron chi connectivity index (χ4n) is 3.80. The van der Waals surface area contributed by atoms with Crippen LogP contribution >= 0.6 is 0 Å². The Morgan fingerprint density at radius 3 is 1.75 bits per heavy atom. The second-order valence-electron chi connectivity index (χ2n) is 7.24. The zero-order valence-corrected chi connectivity index (χ0v) is 16.6. The zero-order valence-electron chi connectivity index (χ0n) is 16.6. The molecular formula is C22H14N6O4.